The molecule has 88 valence electrons. The highest BCUT2D eigenvalue weighted by molar-refractivity contribution is 5.47. The molecule has 0 aliphatic heterocycles. The van der Waals surface area contributed by atoms with Gasteiger partial charge in [-0.05, 0) is 23.0 Å². The second kappa shape index (κ2) is 3.84. The van der Waals surface area contributed by atoms with E-state index in [9.17, 15) is 0 Å². The molecule has 0 spiro atoms. The third-order valence-electron chi connectivity index (χ3n) is 4.51. The summed E-state index contributed by atoms with van der Waals surface area (Å²) in [5.74, 6) is 2.36. The molecular weight excluding hydrogens is 216 g/mol. The van der Waals surface area contributed by atoms with Crippen LogP contribution in [0.1, 0.15) is 23.0 Å². The van der Waals surface area contributed by atoms with E-state index in [1.54, 1.807) is 0 Å². The molecule has 0 radical (unpaired) electrons. The van der Waals surface area contributed by atoms with Crippen LogP contribution >= 0.6 is 0 Å². The number of benzene rings is 1. The van der Waals surface area contributed by atoms with E-state index in [2.05, 4.69) is 72.9 Å². The number of allylic oxidation sites excluding steroid dienone is 8. The van der Waals surface area contributed by atoms with Crippen LogP contribution in [0.25, 0.3) is 0 Å². The Morgan fingerprint density at radius 1 is 0.556 bits per heavy atom. The van der Waals surface area contributed by atoms with Crippen LogP contribution in [0.5, 0.6) is 0 Å². The van der Waals surface area contributed by atoms with Gasteiger partial charge in [-0.25, -0.2) is 0 Å². The summed E-state index contributed by atoms with van der Waals surface area (Å²) in [7, 11) is 0. The van der Waals surface area contributed by atoms with Crippen molar-refractivity contribution in [3.8, 4) is 0 Å². The lowest BCUT2D eigenvalue weighted by Gasteiger charge is -2.42. The molecule has 0 saturated carbocycles. The predicted molar refractivity (Wildman–Crippen MR) is 75.5 cm³/mol. The Kier molecular flexibility index (Phi) is 2.16. The van der Waals surface area contributed by atoms with Crippen molar-refractivity contribution in [3.05, 3.63) is 84.0 Å². The molecule has 0 amide bonds. The van der Waals surface area contributed by atoms with Crippen LogP contribution in [0, 0.1) is 11.8 Å². The van der Waals surface area contributed by atoms with Gasteiger partial charge in [-0.15, -0.1) is 0 Å². The van der Waals surface area contributed by atoms with Gasteiger partial charge < -0.3 is 0 Å². The van der Waals surface area contributed by atoms with Gasteiger partial charge in [0.15, 0.2) is 0 Å². The molecule has 18 heavy (non-hydrogen) atoms. The molecule has 3 aliphatic rings. The van der Waals surface area contributed by atoms with Gasteiger partial charge in [0.25, 0.3) is 0 Å². The highest BCUT2D eigenvalue weighted by atomic mass is 14.4. The van der Waals surface area contributed by atoms with Crippen LogP contribution in [0.15, 0.2) is 72.9 Å². The minimum Gasteiger partial charge on any atom is -0.0799 e. The lowest BCUT2D eigenvalue weighted by atomic mass is 9.62. The molecular formula is C18H16. The second-order valence-electron chi connectivity index (χ2n) is 5.37. The first-order valence-electron chi connectivity index (χ1n) is 6.74. The van der Waals surface area contributed by atoms with Crippen LogP contribution in [-0.4, -0.2) is 0 Å². The molecule has 0 saturated heterocycles. The van der Waals surface area contributed by atoms with Crippen molar-refractivity contribution in [1.29, 1.82) is 0 Å². The van der Waals surface area contributed by atoms with Gasteiger partial charge >= 0.3 is 0 Å². The SMILES string of the molecule is C1=CC2c3ccccc3C3C=CC=CC3C2C=C1. The third-order valence-corrected chi connectivity index (χ3v) is 4.51. The zero-order valence-corrected chi connectivity index (χ0v) is 10.2. The average molecular weight is 232 g/mol. The van der Waals surface area contributed by atoms with Crippen molar-refractivity contribution in [2.75, 3.05) is 0 Å². The minimum absolute atomic E-state index is 0.559. The van der Waals surface area contributed by atoms with E-state index in [4.69, 9.17) is 0 Å². The fraction of sp³-hybridized carbons (Fsp3) is 0.222. The lowest BCUT2D eigenvalue weighted by Crippen LogP contribution is -2.31. The van der Waals surface area contributed by atoms with E-state index < -0.39 is 0 Å². The molecule has 0 nitrogen and oxygen atoms in total. The first-order chi connectivity index (χ1) is 8.95. The summed E-state index contributed by atoms with van der Waals surface area (Å²) < 4.78 is 0. The summed E-state index contributed by atoms with van der Waals surface area (Å²) in [6.07, 6.45) is 18.3. The molecule has 0 bridgehead atoms. The Morgan fingerprint density at radius 2 is 1.00 bits per heavy atom. The van der Waals surface area contributed by atoms with Crippen LogP contribution in [-0.2, 0) is 0 Å². The van der Waals surface area contributed by atoms with Gasteiger partial charge in [0, 0.05) is 11.8 Å². The first kappa shape index (κ1) is 10.1. The third kappa shape index (κ3) is 1.32. The quantitative estimate of drug-likeness (QED) is 0.623. The summed E-state index contributed by atoms with van der Waals surface area (Å²) in [6, 6.07) is 8.95. The summed E-state index contributed by atoms with van der Waals surface area (Å²) in [4.78, 5) is 0. The smallest absolute Gasteiger partial charge is 0.00929 e. The van der Waals surface area contributed by atoms with Crippen molar-refractivity contribution < 1.29 is 0 Å². The maximum absolute atomic E-state index is 2.39. The van der Waals surface area contributed by atoms with Gasteiger partial charge in [-0.3, -0.25) is 0 Å². The van der Waals surface area contributed by atoms with Crippen LogP contribution in [0.2, 0.25) is 0 Å². The van der Waals surface area contributed by atoms with Crippen molar-refractivity contribution in [1.82, 2.24) is 0 Å². The highest BCUT2D eigenvalue weighted by Gasteiger charge is 2.39. The Labute approximate surface area is 108 Å². The Balaban J connectivity index is 1.93. The van der Waals surface area contributed by atoms with Gasteiger partial charge in [0.2, 0.25) is 0 Å². The van der Waals surface area contributed by atoms with E-state index in [0.29, 0.717) is 23.7 Å². The number of rotatable bonds is 0. The van der Waals surface area contributed by atoms with E-state index in [-0.39, 0.29) is 0 Å². The van der Waals surface area contributed by atoms with Gasteiger partial charge in [0.05, 0.1) is 0 Å². The highest BCUT2D eigenvalue weighted by Crippen LogP contribution is 2.50. The normalized spacial score (nSPS) is 34.9. The Hall–Kier alpha value is -1.82. The van der Waals surface area contributed by atoms with Crippen molar-refractivity contribution in [2.45, 2.75) is 11.8 Å². The van der Waals surface area contributed by atoms with Crippen LogP contribution in [0.4, 0.5) is 0 Å². The predicted octanol–water partition coefficient (Wildman–Crippen LogP) is 4.35. The minimum atomic E-state index is 0.559. The van der Waals surface area contributed by atoms with E-state index in [1.165, 1.54) is 11.1 Å². The van der Waals surface area contributed by atoms with Crippen molar-refractivity contribution in [2.24, 2.45) is 11.8 Å². The molecule has 4 atom stereocenters. The average Bonchev–Trinajstić information content (AvgIpc) is 2.48. The summed E-state index contributed by atoms with van der Waals surface area (Å²) in [5, 5.41) is 0. The summed E-state index contributed by atoms with van der Waals surface area (Å²) >= 11 is 0. The Morgan fingerprint density at radius 3 is 1.50 bits per heavy atom. The van der Waals surface area contributed by atoms with Crippen LogP contribution < -0.4 is 0 Å². The van der Waals surface area contributed by atoms with E-state index >= 15 is 0 Å². The first-order valence-corrected chi connectivity index (χ1v) is 6.74. The molecule has 4 unspecified atom stereocenters. The molecule has 0 N–H and O–H groups in total. The van der Waals surface area contributed by atoms with E-state index in [1.807, 2.05) is 0 Å². The standard InChI is InChI=1S/C18H16/c1-2-8-14-13(7-1)15-9-3-4-11-17(15)18-12-6-5-10-16(14)18/h1-15,17H. The monoisotopic (exact) mass is 232 g/mol. The molecule has 0 heteroatoms. The molecule has 4 rings (SSSR count). The zero-order chi connectivity index (χ0) is 11.9. The summed E-state index contributed by atoms with van der Waals surface area (Å²) in [5.41, 5.74) is 3.04. The molecule has 0 aromatic heterocycles. The Bertz CT molecular complexity index is 533. The molecule has 1 aromatic carbocycles. The van der Waals surface area contributed by atoms with Gasteiger partial charge in [-0.2, -0.15) is 0 Å². The maximum Gasteiger partial charge on any atom is 0.00929 e. The molecule has 0 fully saturated rings. The molecule has 0 heterocycles. The molecule has 3 aliphatic carbocycles. The van der Waals surface area contributed by atoms with E-state index in [0.717, 1.165) is 0 Å². The zero-order valence-electron chi connectivity index (χ0n) is 10.2. The van der Waals surface area contributed by atoms with Crippen LogP contribution in [0.3, 0.4) is 0 Å². The summed E-state index contributed by atoms with van der Waals surface area (Å²) in [6.45, 7) is 0. The lowest BCUT2D eigenvalue weighted by molar-refractivity contribution is 0.370. The number of hydrogen-bond acceptors (Lipinski definition) is 0. The van der Waals surface area contributed by atoms with Gasteiger partial charge in [0.1, 0.15) is 0 Å². The second-order valence-corrected chi connectivity index (χ2v) is 5.37. The fourth-order valence-corrected chi connectivity index (χ4v) is 3.72. The maximum atomic E-state index is 2.39. The van der Waals surface area contributed by atoms with Crippen molar-refractivity contribution in [3.63, 3.8) is 0 Å². The van der Waals surface area contributed by atoms with Gasteiger partial charge in [-0.1, -0.05) is 72.9 Å². The number of fused-ring (bicyclic) bond motifs is 6. The largest absolute Gasteiger partial charge is 0.0799 e. The van der Waals surface area contributed by atoms with Crippen molar-refractivity contribution >= 4 is 0 Å². The number of hydrogen-bond donors (Lipinski definition) is 0. The molecule has 1 aromatic rings. The topological polar surface area (TPSA) is 0 Å². The fourth-order valence-electron chi connectivity index (χ4n) is 3.72.